The Bertz CT molecular complexity index is 1060. The van der Waals surface area contributed by atoms with Gasteiger partial charge in [0.05, 0.1) is 14.2 Å². The second kappa shape index (κ2) is 9.08. The number of benzene rings is 2. The smallest absolute Gasteiger partial charge is 0.254 e. The predicted molar refractivity (Wildman–Crippen MR) is 126 cm³/mol. The van der Waals surface area contributed by atoms with Crippen LogP contribution >= 0.6 is 0 Å². The Morgan fingerprint density at radius 3 is 2.24 bits per heavy atom. The van der Waals surface area contributed by atoms with Gasteiger partial charge in [0.2, 0.25) is 5.91 Å². The Hall–Kier alpha value is -3.42. The van der Waals surface area contributed by atoms with Crippen molar-refractivity contribution in [1.82, 2.24) is 4.90 Å². The third-order valence-electron chi connectivity index (χ3n) is 6.92. The molecule has 1 saturated carbocycles. The number of carbonyl (C=O) groups is 2. The molecule has 2 heterocycles. The van der Waals surface area contributed by atoms with Gasteiger partial charge in [0.15, 0.2) is 11.5 Å². The highest BCUT2D eigenvalue weighted by molar-refractivity contribution is 5.96. The first-order chi connectivity index (χ1) is 16.5. The topological polar surface area (TPSA) is 86.3 Å². The van der Waals surface area contributed by atoms with Gasteiger partial charge >= 0.3 is 0 Å². The maximum atomic E-state index is 13.0. The lowest BCUT2D eigenvalue weighted by Crippen LogP contribution is -2.41. The molecule has 1 N–H and O–H groups in total. The van der Waals surface area contributed by atoms with Gasteiger partial charge in [-0.05, 0) is 49.9 Å². The van der Waals surface area contributed by atoms with Crippen LogP contribution in [0.5, 0.6) is 23.0 Å². The summed E-state index contributed by atoms with van der Waals surface area (Å²) in [5.41, 5.74) is 1.21. The molecule has 1 spiro atoms. The molecule has 2 fully saturated rings. The minimum absolute atomic E-state index is 0.0374. The van der Waals surface area contributed by atoms with E-state index in [-0.39, 0.29) is 17.7 Å². The Labute approximate surface area is 199 Å². The molecule has 1 aliphatic carbocycles. The number of carbonyl (C=O) groups excluding carboxylic acids is 2. The molecular formula is C26H30N2O6. The largest absolute Gasteiger partial charge is 0.497 e. The number of rotatable bonds is 5. The van der Waals surface area contributed by atoms with Gasteiger partial charge in [-0.15, -0.1) is 0 Å². The van der Waals surface area contributed by atoms with Crippen LogP contribution in [-0.2, 0) is 4.79 Å². The predicted octanol–water partition coefficient (Wildman–Crippen LogP) is 4.24. The van der Waals surface area contributed by atoms with E-state index in [1.165, 1.54) is 0 Å². The fraction of sp³-hybridized carbons (Fsp3) is 0.462. The van der Waals surface area contributed by atoms with Crippen molar-refractivity contribution in [2.75, 3.05) is 32.6 Å². The number of nitrogens with zero attached hydrogens (tertiary/aromatic N) is 1. The van der Waals surface area contributed by atoms with E-state index in [0.717, 1.165) is 31.4 Å². The third-order valence-corrected chi connectivity index (χ3v) is 6.92. The molecule has 8 heteroatoms. The summed E-state index contributed by atoms with van der Waals surface area (Å²) in [6.07, 6.45) is 5.19. The molecule has 1 saturated heterocycles. The average molecular weight is 467 g/mol. The Morgan fingerprint density at radius 2 is 1.59 bits per heavy atom. The van der Waals surface area contributed by atoms with Crippen molar-refractivity contribution in [2.24, 2.45) is 5.92 Å². The quantitative estimate of drug-likeness (QED) is 0.710. The Kier molecular flexibility index (Phi) is 5.98. The van der Waals surface area contributed by atoms with Crippen LogP contribution in [0.1, 0.15) is 48.9 Å². The zero-order chi connectivity index (χ0) is 23.7. The highest BCUT2D eigenvalue weighted by Crippen LogP contribution is 2.47. The number of amides is 2. The third kappa shape index (κ3) is 4.36. The monoisotopic (exact) mass is 466 g/mol. The molecule has 2 amide bonds. The fourth-order valence-electron chi connectivity index (χ4n) is 4.99. The minimum atomic E-state index is -0.517. The minimum Gasteiger partial charge on any atom is -0.497 e. The van der Waals surface area contributed by atoms with Gasteiger partial charge in [0, 0.05) is 55.2 Å². The van der Waals surface area contributed by atoms with E-state index >= 15 is 0 Å². The van der Waals surface area contributed by atoms with Gasteiger partial charge in [-0.1, -0.05) is 0 Å². The van der Waals surface area contributed by atoms with Crippen LogP contribution in [-0.4, -0.2) is 49.8 Å². The van der Waals surface area contributed by atoms with Crippen LogP contribution in [0.3, 0.4) is 0 Å². The summed E-state index contributed by atoms with van der Waals surface area (Å²) >= 11 is 0. The van der Waals surface area contributed by atoms with Crippen LogP contribution in [0.2, 0.25) is 0 Å². The summed E-state index contributed by atoms with van der Waals surface area (Å²) in [5.74, 6) is 1.76. The van der Waals surface area contributed by atoms with Gasteiger partial charge in [-0.25, -0.2) is 0 Å². The van der Waals surface area contributed by atoms with E-state index in [9.17, 15) is 9.59 Å². The molecule has 2 aliphatic heterocycles. The first-order valence-electron chi connectivity index (χ1n) is 11.8. The first kappa shape index (κ1) is 22.4. The van der Waals surface area contributed by atoms with Gasteiger partial charge in [-0.3, -0.25) is 9.59 Å². The average Bonchev–Trinajstić information content (AvgIpc) is 3.48. The van der Waals surface area contributed by atoms with Crippen molar-refractivity contribution in [2.45, 2.75) is 44.3 Å². The summed E-state index contributed by atoms with van der Waals surface area (Å²) in [6.45, 7) is 1.03. The summed E-state index contributed by atoms with van der Waals surface area (Å²) in [4.78, 5) is 27.7. The Balaban J connectivity index is 1.17. The van der Waals surface area contributed by atoms with E-state index < -0.39 is 5.79 Å². The van der Waals surface area contributed by atoms with Gasteiger partial charge in [0.25, 0.3) is 11.7 Å². The van der Waals surface area contributed by atoms with Crippen LogP contribution < -0.4 is 24.3 Å². The van der Waals surface area contributed by atoms with Crippen LogP contribution in [0.15, 0.2) is 36.4 Å². The summed E-state index contributed by atoms with van der Waals surface area (Å²) < 4.78 is 22.7. The molecule has 0 atom stereocenters. The van der Waals surface area contributed by atoms with E-state index in [1.54, 1.807) is 37.3 Å². The highest BCUT2D eigenvalue weighted by Gasteiger charge is 2.44. The van der Waals surface area contributed by atoms with E-state index in [1.807, 2.05) is 18.2 Å². The molecule has 8 nitrogen and oxygen atoms in total. The van der Waals surface area contributed by atoms with Crippen molar-refractivity contribution in [3.05, 3.63) is 42.0 Å². The number of hydrogen-bond acceptors (Lipinski definition) is 6. The molecule has 2 aromatic carbocycles. The highest BCUT2D eigenvalue weighted by atomic mass is 16.7. The normalized spacial score (nSPS) is 18.7. The van der Waals surface area contributed by atoms with Crippen LogP contribution in [0.25, 0.3) is 0 Å². The van der Waals surface area contributed by atoms with E-state index in [4.69, 9.17) is 18.9 Å². The number of nitrogens with one attached hydrogen (secondary N) is 1. The molecule has 5 rings (SSSR count). The van der Waals surface area contributed by atoms with Crippen molar-refractivity contribution >= 4 is 17.5 Å². The SMILES string of the molecule is COc1cc(OC)cc(C(=O)N2CCC(C(=O)Nc3ccc4c(c3)OC3(CCCC3)O4)CC2)c1. The molecule has 0 radical (unpaired) electrons. The molecule has 0 aromatic heterocycles. The van der Waals surface area contributed by atoms with Crippen LogP contribution in [0, 0.1) is 5.92 Å². The lowest BCUT2D eigenvalue weighted by Gasteiger charge is -2.31. The van der Waals surface area contributed by atoms with Crippen molar-refractivity contribution < 1.29 is 28.5 Å². The summed E-state index contributed by atoms with van der Waals surface area (Å²) in [6, 6.07) is 10.7. The molecule has 180 valence electrons. The lowest BCUT2D eigenvalue weighted by atomic mass is 9.95. The van der Waals surface area contributed by atoms with Crippen LogP contribution in [0.4, 0.5) is 5.69 Å². The lowest BCUT2D eigenvalue weighted by molar-refractivity contribution is -0.121. The second-order valence-corrected chi connectivity index (χ2v) is 9.14. The van der Waals surface area contributed by atoms with Gasteiger partial charge < -0.3 is 29.2 Å². The zero-order valence-electron chi connectivity index (χ0n) is 19.6. The number of hydrogen-bond donors (Lipinski definition) is 1. The number of fused-ring (bicyclic) bond motifs is 1. The van der Waals surface area contributed by atoms with Crippen molar-refractivity contribution in [1.29, 1.82) is 0 Å². The second-order valence-electron chi connectivity index (χ2n) is 9.14. The molecule has 3 aliphatic rings. The summed E-state index contributed by atoms with van der Waals surface area (Å²) in [7, 11) is 3.11. The zero-order valence-corrected chi connectivity index (χ0v) is 19.6. The number of methoxy groups -OCH3 is 2. The van der Waals surface area contributed by atoms with Crippen molar-refractivity contribution in [3.8, 4) is 23.0 Å². The molecule has 2 aromatic rings. The van der Waals surface area contributed by atoms with E-state index in [2.05, 4.69) is 5.32 Å². The Morgan fingerprint density at radius 1 is 0.941 bits per heavy atom. The molecular weight excluding hydrogens is 436 g/mol. The number of likely N-dealkylation sites (tertiary alicyclic amines) is 1. The maximum Gasteiger partial charge on any atom is 0.254 e. The first-order valence-corrected chi connectivity index (χ1v) is 11.8. The van der Waals surface area contributed by atoms with E-state index in [0.29, 0.717) is 54.4 Å². The maximum absolute atomic E-state index is 13.0. The standard InChI is InChI=1S/C26H30N2O6/c1-31-20-13-18(14-21(16-20)32-2)25(30)28-11-7-17(8-12-28)24(29)27-19-5-6-22-23(15-19)34-26(33-22)9-3-4-10-26/h5-6,13-17H,3-4,7-12H2,1-2H3,(H,27,29). The number of ether oxygens (including phenoxy) is 4. The molecule has 34 heavy (non-hydrogen) atoms. The number of piperidine rings is 1. The fourth-order valence-corrected chi connectivity index (χ4v) is 4.99. The van der Waals surface area contributed by atoms with Gasteiger partial charge in [0.1, 0.15) is 11.5 Å². The van der Waals surface area contributed by atoms with Gasteiger partial charge in [-0.2, -0.15) is 0 Å². The molecule has 0 unspecified atom stereocenters. The summed E-state index contributed by atoms with van der Waals surface area (Å²) in [5, 5.41) is 3.02. The molecule has 0 bridgehead atoms. The number of anilines is 1. The van der Waals surface area contributed by atoms with Crippen molar-refractivity contribution in [3.63, 3.8) is 0 Å².